The monoisotopic (exact) mass is 278 g/mol. The van der Waals surface area contributed by atoms with Crippen molar-refractivity contribution >= 4 is 11.8 Å². The van der Waals surface area contributed by atoms with E-state index in [1.165, 1.54) is 6.07 Å². The highest BCUT2D eigenvalue weighted by Crippen LogP contribution is 2.35. The molecule has 0 saturated carbocycles. The van der Waals surface area contributed by atoms with Crippen LogP contribution >= 0.6 is 0 Å². The van der Waals surface area contributed by atoms with E-state index >= 15 is 0 Å². The van der Waals surface area contributed by atoms with E-state index in [9.17, 15) is 9.90 Å². The molecule has 0 amide bonds. The van der Waals surface area contributed by atoms with Crippen molar-refractivity contribution in [1.82, 2.24) is 4.98 Å². The molecule has 2 rings (SSSR count). The highest BCUT2D eigenvalue weighted by Gasteiger charge is 2.36. The molecular formula is C15H22N2O3. The second-order valence-electron chi connectivity index (χ2n) is 6.46. The Kier molecular flexibility index (Phi) is 3.99. The van der Waals surface area contributed by atoms with Crippen molar-refractivity contribution in [3.63, 3.8) is 0 Å². The van der Waals surface area contributed by atoms with Crippen LogP contribution < -0.4 is 4.90 Å². The van der Waals surface area contributed by atoms with Gasteiger partial charge in [0.2, 0.25) is 0 Å². The van der Waals surface area contributed by atoms with E-state index in [2.05, 4.69) is 25.8 Å². The summed E-state index contributed by atoms with van der Waals surface area (Å²) >= 11 is 0. The molecule has 2 unspecified atom stereocenters. The molecule has 2 N–H and O–H groups in total. The molecular weight excluding hydrogens is 256 g/mol. The first-order valence-corrected chi connectivity index (χ1v) is 6.92. The number of carboxylic acids is 1. The van der Waals surface area contributed by atoms with Crippen molar-refractivity contribution < 1.29 is 15.0 Å². The first-order valence-electron chi connectivity index (χ1n) is 6.92. The third-order valence-electron chi connectivity index (χ3n) is 3.97. The summed E-state index contributed by atoms with van der Waals surface area (Å²) in [6.07, 6.45) is 0.461. The smallest absolute Gasteiger partial charge is 0.354 e. The number of hydrogen-bond acceptors (Lipinski definition) is 4. The number of aliphatic hydroxyl groups is 1. The molecule has 1 saturated heterocycles. The van der Waals surface area contributed by atoms with Gasteiger partial charge < -0.3 is 15.1 Å². The summed E-state index contributed by atoms with van der Waals surface area (Å²) in [6, 6.07) is 4.95. The molecule has 5 heteroatoms. The van der Waals surface area contributed by atoms with Crippen LogP contribution in [0, 0.1) is 11.3 Å². The quantitative estimate of drug-likeness (QED) is 0.865. The predicted molar refractivity (Wildman–Crippen MR) is 77.0 cm³/mol. The van der Waals surface area contributed by atoms with Crippen LogP contribution in [0.2, 0.25) is 0 Å². The Hall–Kier alpha value is -1.62. The Morgan fingerprint density at radius 2 is 2.10 bits per heavy atom. The molecule has 20 heavy (non-hydrogen) atoms. The molecule has 0 aliphatic carbocycles. The molecule has 1 aromatic rings. The van der Waals surface area contributed by atoms with E-state index in [1.807, 2.05) is 4.90 Å². The van der Waals surface area contributed by atoms with E-state index in [4.69, 9.17) is 5.11 Å². The maximum Gasteiger partial charge on any atom is 0.354 e. The highest BCUT2D eigenvalue weighted by molar-refractivity contribution is 5.85. The van der Waals surface area contributed by atoms with Gasteiger partial charge in [-0.05, 0) is 29.9 Å². The fourth-order valence-electron chi connectivity index (χ4n) is 2.87. The van der Waals surface area contributed by atoms with E-state index in [0.29, 0.717) is 12.4 Å². The van der Waals surface area contributed by atoms with Crippen molar-refractivity contribution in [1.29, 1.82) is 0 Å². The summed E-state index contributed by atoms with van der Waals surface area (Å²) in [4.78, 5) is 17.0. The molecule has 0 aromatic carbocycles. The Bertz CT molecular complexity index is 496. The van der Waals surface area contributed by atoms with Gasteiger partial charge in [0.25, 0.3) is 0 Å². The molecule has 0 bridgehead atoms. The van der Waals surface area contributed by atoms with Crippen molar-refractivity contribution in [3.8, 4) is 0 Å². The van der Waals surface area contributed by atoms with Gasteiger partial charge in [-0.1, -0.05) is 26.8 Å². The number of aliphatic hydroxyl groups excluding tert-OH is 1. The molecule has 2 atom stereocenters. The third kappa shape index (κ3) is 3.10. The fraction of sp³-hybridized carbons (Fsp3) is 0.600. The number of aromatic carboxylic acids is 1. The minimum atomic E-state index is -1.03. The Balaban J connectivity index is 2.13. The number of rotatable bonds is 2. The first-order chi connectivity index (χ1) is 9.29. The maximum atomic E-state index is 11.0. The van der Waals surface area contributed by atoms with E-state index < -0.39 is 12.1 Å². The number of piperidine rings is 1. The topological polar surface area (TPSA) is 73.7 Å². The average Bonchev–Trinajstić information content (AvgIpc) is 2.37. The molecule has 0 radical (unpaired) electrons. The molecule has 110 valence electrons. The van der Waals surface area contributed by atoms with Gasteiger partial charge in [-0.2, -0.15) is 0 Å². The van der Waals surface area contributed by atoms with Gasteiger partial charge in [0.05, 0.1) is 6.10 Å². The maximum absolute atomic E-state index is 11.0. The number of aromatic nitrogens is 1. The fourth-order valence-corrected chi connectivity index (χ4v) is 2.87. The normalized spacial score (nSPS) is 23.7. The zero-order chi connectivity index (χ0) is 14.9. The lowest BCUT2D eigenvalue weighted by atomic mass is 9.74. The van der Waals surface area contributed by atoms with E-state index in [1.54, 1.807) is 12.1 Å². The minimum absolute atomic E-state index is 0.0370. The van der Waals surface area contributed by atoms with Gasteiger partial charge in [-0.15, -0.1) is 0 Å². The molecule has 1 aliphatic rings. The molecule has 1 aliphatic heterocycles. The third-order valence-corrected chi connectivity index (χ3v) is 3.97. The number of hydrogen-bond donors (Lipinski definition) is 2. The average molecular weight is 278 g/mol. The standard InChI is InChI=1S/C15H22N2O3/c1-15(2,3)10-7-8-17(9-12(10)18)13-6-4-5-11(16-13)14(19)20/h4-6,10,12,18H,7-9H2,1-3H3,(H,19,20). The van der Waals surface area contributed by atoms with Crippen LogP contribution in [0.1, 0.15) is 37.7 Å². The van der Waals surface area contributed by atoms with E-state index in [0.717, 1.165) is 13.0 Å². The summed E-state index contributed by atoms with van der Waals surface area (Å²) in [6.45, 7) is 7.70. The largest absolute Gasteiger partial charge is 0.477 e. The number of anilines is 1. The molecule has 2 heterocycles. The van der Waals surface area contributed by atoms with Crippen molar-refractivity contribution in [2.45, 2.75) is 33.3 Å². The number of carboxylic acid groups (broad SMARTS) is 1. The highest BCUT2D eigenvalue weighted by atomic mass is 16.4. The first kappa shape index (κ1) is 14.8. The summed E-state index contributed by atoms with van der Waals surface area (Å²) in [5.41, 5.74) is 0.108. The van der Waals surface area contributed by atoms with Gasteiger partial charge in [0, 0.05) is 13.1 Å². The van der Waals surface area contributed by atoms with Crippen LogP contribution in [-0.4, -0.2) is 40.4 Å². The summed E-state index contributed by atoms with van der Waals surface area (Å²) in [5, 5.41) is 19.3. The van der Waals surface area contributed by atoms with E-state index in [-0.39, 0.29) is 17.0 Å². The molecule has 1 aromatic heterocycles. The second-order valence-corrected chi connectivity index (χ2v) is 6.46. The van der Waals surface area contributed by atoms with Crippen LogP contribution in [0.4, 0.5) is 5.82 Å². The van der Waals surface area contributed by atoms with Gasteiger partial charge >= 0.3 is 5.97 Å². The van der Waals surface area contributed by atoms with Gasteiger partial charge in [-0.3, -0.25) is 0 Å². The summed E-state index contributed by atoms with van der Waals surface area (Å²) in [5.74, 6) is -0.158. The van der Waals surface area contributed by atoms with Crippen LogP contribution in [0.5, 0.6) is 0 Å². The molecule has 5 nitrogen and oxygen atoms in total. The lowest BCUT2D eigenvalue weighted by Crippen LogP contribution is -2.48. The zero-order valence-electron chi connectivity index (χ0n) is 12.2. The summed E-state index contributed by atoms with van der Waals surface area (Å²) in [7, 11) is 0. The Morgan fingerprint density at radius 1 is 1.40 bits per heavy atom. The number of carbonyl (C=O) groups is 1. The van der Waals surface area contributed by atoms with Gasteiger partial charge in [0.15, 0.2) is 5.69 Å². The van der Waals surface area contributed by atoms with Crippen LogP contribution in [0.25, 0.3) is 0 Å². The van der Waals surface area contributed by atoms with Crippen LogP contribution in [0.15, 0.2) is 18.2 Å². The SMILES string of the molecule is CC(C)(C)C1CCN(c2cccc(C(=O)O)n2)CC1O. The number of nitrogens with zero attached hydrogens (tertiary/aromatic N) is 2. The predicted octanol–water partition coefficient (Wildman–Crippen LogP) is 2.01. The van der Waals surface area contributed by atoms with Crippen LogP contribution in [-0.2, 0) is 0 Å². The molecule has 0 spiro atoms. The zero-order valence-corrected chi connectivity index (χ0v) is 12.2. The van der Waals surface area contributed by atoms with Crippen LogP contribution in [0.3, 0.4) is 0 Å². The number of β-amino-alcohol motifs (C(OH)–C–C–N with tert-alkyl or cyclic N) is 1. The minimum Gasteiger partial charge on any atom is -0.477 e. The summed E-state index contributed by atoms with van der Waals surface area (Å²) < 4.78 is 0. The lowest BCUT2D eigenvalue weighted by molar-refractivity contribution is 0.0292. The Morgan fingerprint density at radius 3 is 2.65 bits per heavy atom. The Labute approximate surface area is 119 Å². The van der Waals surface area contributed by atoms with Crippen molar-refractivity contribution in [2.75, 3.05) is 18.0 Å². The van der Waals surface area contributed by atoms with Crippen molar-refractivity contribution in [2.24, 2.45) is 11.3 Å². The van der Waals surface area contributed by atoms with Gasteiger partial charge in [0.1, 0.15) is 5.82 Å². The van der Waals surface area contributed by atoms with Gasteiger partial charge in [-0.25, -0.2) is 9.78 Å². The van der Waals surface area contributed by atoms with Crippen molar-refractivity contribution in [3.05, 3.63) is 23.9 Å². The number of pyridine rings is 1. The lowest BCUT2D eigenvalue weighted by Gasteiger charge is -2.42. The second kappa shape index (κ2) is 5.40. The molecule has 1 fully saturated rings.